The Bertz CT molecular complexity index is 574. The zero-order valence-corrected chi connectivity index (χ0v) is 12.4. The third-order valence-electron chi connectivity index (χ3n) is 2.41. The summed E-state index contributed by atoms with van der Waals surface area (Å²) >= 11 is 1.61. The minimum absolute atomic E-state index is 0.242. The van der Waals surface area contributed by atoms with Crippen molar-refractivity contribution in [3.05, 3.63) is 16.1 Å². The molecule has 0 atom stereocenters. The largest absolute Gasteiger partial charge is 0.464 e. The van der Waals surface area contributed by atoms with Crippen LogP contribution in [0.2, 0.25) is 0 Å². The van der Waals surface area contributed by atoms with E-state index in [1.54, 1.807) is 11.3 Å². The summed E-state index contributed by atoms with van der Waals surface area (Å²) in [5.41, 5.74) is 3.37. The molecule has 2 aromatic rings. The van der Waals surface area contributed by atoms with Crippen molar-refractivity contribution in [1.82, 2.24) is 19.9 Å². The monoisotopic (exact) mass is 295 g/mol. The number of aromatic nitrogens is 4. The molecule has 0 aromatic carbocycles. The molecule has 0 saturated heterocycles. The smallest absolute Gasteiger partial charge is 0.323 e. The fourth-order valence-corrected chi connectivity index (χ4v) is 2.17. The fourth-order valence-electron chi connectivity index (χ4n) is 1.57. The number of thiazole rings is 1. The van der Waals surface area contributed by atoms with Gasteiger partial charge in [0.15, 0.2) is 0 Å². The molecule has 0 unspecified atom stereocenters. The molecule has 0 aliphatic heterocycles. The lowest BCUT2D eigenvalue weighted by atomic mass is 10.4. The zero-order chi connectivity index (χ0) is 14.5. The summed E-state index contributed by atoms with van der Waals surface area (Å²) < 4.78 is 5.30. The summed E-state index contributed by atoms with van der Waals surface area (Å²) in [4.78, 5) is 18.7. The van der Waals surface area contributed by atoms with Gasteiger partial charge in [-0.3, -0.25) is 5.43 Å². The minimum atomic E-state index is 0.242. The van der Waals surface area contributed by atoms with E-state index >= 15 is 0 Å². The fraction of sp³-hybridized carbons (Fsp3) is 0.455. The second kappa shape index (κ2) is 6.44. The van der Waals surface area contributed by atoms with Gasteiger partial charge in [-0.05, 0) is 13.8 Å². The van der Waals surface area contributed by atoms with Gasteiger partial charge in [0, 0.05) is 12.4 Å². The highest BCUT2D eigenvalue weighted by molar-refractivity contribution is 7.09. The highest BCUT2D eigenvalue weighted by atomic mass is 32.1. The van der Waals surface area contributed by atoms with Crippen molar-refractivity contribution in [2.75, 3.05) is 24.0 Å². The Labute approximate surface area is 121 Å². The maximum absolute atomic E-state index is 5.35. The van der Waals surface area contributed by atoms with Crippen molar-refractivity contribution in [2.24, 2.45) is 5.84 Å². The standard InChI is InChI=1S/C11H17N7OS/c1-4-19-11-15-9(17-12)14-10(16-11)18(3)5-8-6-20-7(2)13-8/h6H,4-5,12H2,1-3H3,(H,14,15,16,17). The first kappa shape index (κ1) is 14.4. The molecule has 3 N–H and O–H groups in total. The van der Waals surface area contributed by atoms with Crippen LogP contribution in [0.3, 0.4) is 0 Å². The number of ether oxygens (including phenoxy) is 1. The third-order valence-corrected chi connectivity index (χ3v) is 3.24. The van der Waals surface area contributed by atoms with E-state index < -0.39 is 0 Å². The molecule has 0 saturated carbocycles. The van der Waals surface area contributed by atoms with Crippen LogP contribution in [0.25, 0.3) is 0 Å². The van der Waals surface area contributed by atoms with E-state index in [9.17, 15) is 0 Å². The number of anilines is 2. The SMILES string of the molecule is CCOc1nc(NN)nc(N(C)Cc2csc(C)n2)n1. The lowest BCUT2D eigenvalue weighted by Crippen LogP contribution is -2.22. The van der Waals surface area contributed by atoms with Gasteiger partial charge in [0.05, 0.1) is 23.9 Å². The number of aryl methyl sites for hydroxylation is 1. The van der Waals surface area contributed by atoms with E-state index in [2.05, 4.69) is 25.4 Å². The van der Waals surface area contributed by atoms with Gasteiger partial charge >= 0.3 is 6.01 Å². The van der Waals surface area contributed by atoms with Crippen LogP contribution in [-0.2, 0) is 6.54 Å². The molecule has 0 spiro atoms. The minimum Gasteiger partial charge on any atom is -0.464 e. The predicted octanol–water partition coefficient (Wildman–Crippen LogP) is 0.957. The maximum atomic E-state index is 5.35. The van der Waals surface area contributed by atoms with E-state index in [-0.39, 0.29) is 12.0 Å². The van der Waals surface area contributed by atoms with Gasteiger partial charge in [0.2, 0.25) is 11.9 Å². The highest BCUT2D eigenvalue weighted by Crippen LogP contribution is 2.16. The molecule has 2 heterocycles. The van der Waals surface area contributed by atoms with Crippen LogP contribution >= 0.6 is 11.3 Å². The summed E-state index contributed by atoms with van der Waals surface area (Å²) in [6.45, 7) is 4.91. The van der Waals surface area contributed by atoms with Crippen molar-refractivity contribution >= 4 is 23.2 Å². The van der Waals surface area contributed by atoms with E-state index in [1.165, 1.54) is 0 Å². The van der Waals surface area contributed by atoms with E-state index in [0.717, 1.165) is 10.7 Å². The Morgan fingerprint density at radius 3 is 2.75 bits per heavy atom. The van der Waals surface area contributed by atoms with Gasteiger partial charge in [0.25, 0.3) is 0 Å². The summed E-state index contributed by atoms with van der Waals surface area (Å²) in [5, 5.41) is 3.04. The highest BCUT2D eigenvalue weighted by Gasteiger charge is 2.12. The molecular weight excluding hydrogens is 278 g/mol. The van der Waals surface area contributed by atoms with Crippen LogP contribution in [0.4, 0.5) is 11.9 Å². The van der Waals surface area contributed by atoms with Crippen molar-refractivity contribution < 1.29 is 4.74 Å². The van der Waals surface area contributed by atoms with Gasteiger partial charge in [-0.25, -0.2) is 10.8 Å². The topological polar surface area (TPSA) is 102 Å². The summed E-state index contributed by atoms with van der Waals surface area (Å²) in [6, 6.07) is 0.242. The molecule has 0 amide bonds. The lowest BCUT2D eigenvalue weighted by Gasteiger charge is -2.16. The molecule has 20 heavy (non-hydrogen) atoms. The van der Waals surface area contributed by atoms with Crippen LogP contribution < -0.4 is 20.9 Å². The summed E-state index contributed by atoms with van der Waals surface area (Å²) in [6.07, 6.45) is 0. The van der Waals surface area contributed by atoms with Crippen LogP contribution in [0.1, 0.15) is 17.6 Å². The van der Waals surface area contributed by atoms with E-state index in [4.69, 9.17) is 10.6 Å². The Morgan fingerprint density at radius 2 is 2.15 bits per heavy atom. The Balaban J connectivity index is 2.19. The molecule has 2 aromatic heterocycles. The molecule has 108 valence electrons. The van der Waals surface area contributed by atoms with E-state index in [1.807, 2.05) is 31.2 Å². The van der Waals surface area contributed by atoms with Crippen LogP contribution in [0.15, 0.2) is 5.38 Å². The number of nitrogens with zero attached hydrogens (tertiary/aromatic N) is 5. The van der Waals surface area contributed by atoms with Crippen LogP contribution in [0.5, 0.6) is 6.01 Å². The Kier molecular flexibility index (Phi) is 4.64. The first-order chi connectivity index (χ1) is 9.62. The number of hydrogen-bond donors (Lipinski definition) is 2. The average molecular weight is 295 g/mol. The Morgan fingerprint density at radius 1 is 1.35 bits per heavy atom. The van der Waals surface area contributed by atoms with Crippen molar-refractivity contribution in [3.63, 3.8) is 0 Å². The summed E-state index contributed by atoms with van der Waals surface area (Å²) in [5.74, 6) is 6.09. The number of nitrogens with two attached hydrogens (primary N) is 1. The van der Waals surface area contributed by atoms with Crippen LogP contribution in [-0.4, -0.2) is 33.6 Å². The van der Waals surface area contributed by atoms with Crippen LogP contribution in [0, 0.1) is 6.92 Å². The van der Waals surface area contributed by atoms with Gasteiger partial charge < -0.3 is 9.64 Å². The van der Waals surface area contributed by atoms with E-state index in [0.29, 0.717) is 19.1 Å². The predicted molar refractivity (Wildman–Crippen MR) is 77.8 cm³/mol. The zero-order valence-electron chi connectivity index (χ0n) is 11.6. The lowest BCUT2D eigenvalue weighted by molar-refractivity contribution is 0.312. The molecule has 0 fully saturated rings. The first-order valence-electron chi connectivity index (χ1n) is 6.10. The van der Waals surface area contributed by atoms with Gasteiger partial charge in [-0.2, -0.15) is 15.0 Å². The molecule has 0 bridgehead atoms. The van der Waals surface area contributed by atoms with Gasteiger partial charge in [-0.1, -0.05) is 0 Å². The maximum Gasteiger partial charge on any atom is 0.323 e. The molecule has 0 radical (unpaired) electrons. The number of nitrogen functional groups attached to an aromatic ring is 1. The molecule has 0 aliphatic rings. The van der Waals surface area contributed by atoms with Crippen molar-refractivity contribution in [3.8, 4) is 6.01 Å². The quantitative estimate of drug-likeness (QED) is 0.600. The van der Waals surface area contributed by atoms with Gasteiger partial charge in [0.1, 0.15) is 0 Å². The molecule has 2 rings (SSSR count). The van der Waals surface area contributed by atoms with Crippen molar-refractivity contribution in [2.45, 2.75) is 20.4 Å². The third kappa shape index (κ3) is 3.52. The average Bonchev–Trinajstić information content (AvgIpc) is 2.84. The van der Waals surface area contributed by atoms with Gasteiger partial charge in [-0.15, -0.1) is 11.3 Å². The Hall–Kier alpha value is -2.00. The summed E-state index contributed by atoms with van der Waals surface area (Å²) in [7, 11) is 1.88. The number of hydrogen-bond acceptors (Lipinski definition) is 9. The normalized spacial score (nSPS) is 10.4. The molecule has 8 nitrogen and oxygen atoms in total. The second-order valence-corrected chi connectivity index (χ2v) is 5.10. The molecule has 9 heteroatoms. The molecular formula is C11H17N7OS. The number of nitrogens with one attached hydrogen (secondary N) is 1. The van der Waals surface area contributed by atoms with Crippen molar-refractivity contribution in [1.29, 1.82) is 0 Å². The number of rotatable bonds is 6. The number of hydrazine groups is 1. The molecule has 0 aliphatic carbocycles. The second-order valence-electron chi connectivity index (χ2n) is 4.03. The first-order valence-corrected chi connectivity index (χ1v) is 6.98.